The van der Waals surface area contributed by atoms with E-state index in [2.05, 4.69) is 21.3 Å². The molecule has 0 aromatic carbocycles. The summed E-state index contributed by atoms with van der Waals surface area (Å²) in [6.45, 7) is 9.22. The summed E-state index contributed by atoms with van der Waals surface area (Å²) in [6.07, 6.45) is 1.79. The van der Waals surface area contributed by atoms with Crippen LogP contribution in [0.1, 0.15) is 47.0 Å². The average Bonchev–Trinajstić information content (AvgIpc) is 2.49. The third kappa shape index (κ3) is 19.6. The third-order valence-corrected chi connectivity index (χ3v) is 7.12. The van der Waals surface area contributed by atoms with E-state index in [0.29, 0.717) is 49.2 Å². The van der Waals surface area contributed by atoms with Gasteiger partial charge in [-0.25, -0.2) is 0 Å². The topological polar surface area (TPSA) is 157 Å². The van der Waals surface area contributed by atoms with E-state index < -0.39 is 31.1 Å². The number of nitrogens with one attached hydrogen (secondary N) is 4. The number of hydrogen-bond donors (Lipinski definition) is 6. The SMILES string of the molecule is CC(C)(CCNC(=S)NCCCNC(=S)NCCC(C)(C)CS(=O)(=O)O)CS(=O)(=O)O. The molecule has 0 saturated heterocycles. The van der Waals surface area contributed by atoms with Crippen LogP contribution in [0.2, 0.25) is 0 Å². The smallest absolute Gasteiger partial charge is 0.265 e. The Morgan fingerprint density at radius 3 is 1.26 bits per heavy atom. The van der Waals surface area contributed by atoms with Gasteiger partial charge in [0.15, 0.2) is 10.2 Å². The first-order valence-corrected chi connectivity index (χ1v) is 13.9. The lowest BCUT2D eigenvalue weighted by Gasteiger charge is -2.23. The standard InChI is InChI=1S/C17H36N4O6S4/c1-16(2,12-30(22,23)24)6-10-20-14(28)18-8-5-9-19-15(29)21-11-7-17(3,4)13-31(25,26)27/h5-13H2,1-4H3,(H2,18,20,28)(H2,19,21,29)(H,22,23,24)(H,25,26,27). The Balaban J connectivity index is 3.87. The molecule has 0 rings (SSSR count). The molecule has 10 nitrogen and oxygen atoms in total. The van der Waals surface area contributed by atoms with Gasteiger partial charge in [-0.15, -0.1) is 0 Å². The van der Waals surface area contributed by atoms with Crippen molar-refractivity contribution < 1.29 is 25.9 Å². The molecule has 14 heteroatoms. The van der Waals surface area contributed by atoms with Crippen LogP contribution in [0, 0.1) is 10.8 Å². The number of thiocarbonyl (C=S) groups is 2. The van der Waals surface area contributed by atoms with Crippen molar-refractivity contribution in [3.8, 4) is 0 Å². The molecular weight excluding hydrogens is 484 g/mol. The number of hydrogen-bond acceptors (Lipinski definition) is 6. The highest BCUT2D eigenvalue weighted by molar-refractivity contribution is 7.86. The molecule has 31 heavy (non-hydrogen) atoms. The van der Waals surface area contributed by atoms with Gasteiger partial charge in [-0.3, -0.25) is 9.11 Å². The molecule has 0 fully saturated rings. The summed E-state index contributed by atoms with van der Waals surface area (Å²) in [7, 11) is -8.03. The van der Waals surface area contributed by atoms with Gasteiger partial charge in [-0.05, 0) is 54.5 Å². The van der Waals surface area contributed by atoms with Gasteiger partial charge in [0.05, 0.1) is 11.5 Å². The predicted molar refractivity (Wildman–Crippen MR) is 131 cm³/mol. The van der Waals surface area contributed by atoms with E-state index in [0.717, 1.165) is 6.42 Å². The molecule has 0 radical (unpaired) electrons. The van der Waals surface area contributed by atoms with Crippen molar-refractivity contribution in [3.63, 3.8) is 0 Å². The minimum Gasteiger partial charge on any atom is -0.363 e. The van der Waals surface area contributed by atoms with Crippen molar-refractivity contribution in [2.45, 2.75) is 47.0 Å². The second-order valence-electron chi connectivity index (χ2n) is 9.00. The maximum Gasteiger partial charge on any atom is 0.265 e. The Hall–Kier alpha value is -0.800. The molecule has 0 heterocycles. The lowest BCUT2D eigenvalue weighted by Crippen LogP contribution is -2.40. The van der Waals surface area contributed by atoms with E-state index in [4.69, 9.17) is 33.5 Å². The van der Waals surface area contributed by atoms with Crippen LogP contribution in [0.4, 0.5) is 0 Å². The fourth-order valence-corrected chi connectivity index (χ4v) is 5.45. The van der Waals surface area contributed by atoms with Gasteiger partial charge in [0.2, 0.25) is 0 Å². The maximum absolute atomic E-state index is 11.0. The van der Waals surface area contributed by atoms with Gasteiger partial charge < -0.3 is 21.3 Å². The zero-order valence-electron chi connectivity index (χ0n) is 18.5. The van der Waals surface area contributed by atoms with Crippen molar-refractivity contribution in [2.75, 3.05) is 37.7 Å². The van der Waals surface area contributed by atoms with Crippen molar-refractivity contribution >= 4 is 54.9 Å². The van der Waals surface area contributed by atoms with E-state index in [9.17, 15) is 16.8 Å². The molecule has 0 aliphatic carbocycles. The van der Waals surface area contributed by atoms with Gasteiger partial charge in [-0.2, -0.15) is 16.8 Å². The summed E-state index contributed by atoms with van der Waals surface area (Å²) < 4.78 is 61.9. The molecule has 6 N–H and O–H groups in total. The quantitative estimate of drug-likeness (QED) is 0.109. The fraction of sp³-hybridized carbons (Fsp3) is 0.882. The first kappa shape index (κ1) is 30.2. The highest BCUT2D eigenvalue weighted by atomic mass is 32.2. The van der Waals surface area contributed by atoms with Crippen LogP contribution < -0.4 is 21.3 Å². The zero-order valence-corrected chi connectivity index (χ0v) is 21.8. The third-order valence-electron chi connectivity index (χ3n) is 4.25. The molecule has 0 aromatic rings. The van der Waals surface area contributed by atoms with Crippen LogP contribution in [-0.4, -0.2) is 73.9 Å². The molecule has 0 atom stereocenters. The van der Waals surface area contributed by atoms with Crippen LogP contribution >= 0.6 is 24.4 Å². The van der Waals surface area contributed by atoms with E-state index in [1.807, 2.05) is 0 Å². The summed E-state index contributed by atoms with van der Waals surface area (Å²) in [5.74, 6) is -0.612. The first-order chi connectivity index (χ1) is 13.9. The molecule has 0 spiro atoms. The van der Waals surface area contributed by atoms with Crippen LogP contribution in [0.5, 0.6) is 0 Å². The highest BCUT2D eigenvalue weighted by Gasteiger charge is 2.25. The lowest BCUT2D eigenvalue weighted by molar-refractivity contribution is 0.361. The molecule has 0 saturated carbocycles. The Labute approximate surface area is 197 Å². The van der Waals surface area contributed by atoms with Crippen molar-refractivity contribution in [1.82, 2.24) is 21.3 Å². The molecule has 0 bridgehead atoms. The van der Waals surface area contributed by atoms with Crippen LogP contribution in [-0.2, 0) is 20.2 Å². The summed E-state index contributed by atoms with van der Waals surface area (Å²) in [5.41, 5.74) is -1.13. The summed E-state index contributed by atoms with van der Waals surface area (Å²) in [6, 6.07) is 0. The Bertz CT molecular complexity index is 731. The molecule has 0 amide bonds. The molecule has 0 aromatic heterocycles. The van der Waals surface area contributed by atoms with Crippen molar-refractivity contribution in [1.29, 1.82) is 0 Å². The lowest BCUT2D eigenvalue weighted by atomic mass is 9.92. The van der Waals surface area contributed by atoms with Crippen molar-refractivity contribution in [2.24, 2.45) is 10.8 Å². The predicted octanol–water partition coefficient (Wildman–Crippen LogP) is 0.913. The zero-order chi connectivity index (χ0) is 24.3. The summed E-state index contributed by atoms with van der Waals surface area (Å²) >= 11 is 10.3. The van der Waals surface area contributed by atoms with Crippen LogP contribution in [0.3, 0.4) is 0 Å². The summed E-state index contributed by atoms with van der Waals surface area (Å²) in [4.78, 5) is 0. The van der Waals surface area contributed by atoms with E-state index in [1.165, 1.54) is 0 Å². The number of rotatable bonds is 14. The van der Waals surface area contributed by atoms with Gasteiger partial charge in [0.1, 0.15) is 0 Å². The van der Waals surface area contributed by atoms with E-state index in [-0.39, 0.29) is 11.5 Å². The Kier molecular flexibility index (Phi) is 12.7. The van der Waals surface area contributed by atoms with Gasteiger partial charge in [0.25, 0.3) is 20.2 Å². The monoisotopic (exact) mass is 520 g/mol. The van der Waals surface area contributed by atoms with Gasteiger partial charge in [0, 0.05) is 26.2 Å². The Morgan fingerprint density at radius 2 is 0.968 bits per heavy atom. The molecule has 0 aliphatic heterocycles. The maximum atomic E-state index is 11.0. The minimum atomic E-state index is -4.01. The summed E-state index contributed by atoms with van der Waals surface area (Å²) in [5, 5.41) is 13.0. The minimum absolute atomic E-state index is 0.306. The van der Waals surface area contributed by atoms with E-state index >= 15 is 0 Å². The molecule has 0 aliphatic rings. The van der Waals surface area contributed by atoms with Gasteiger partial charge >= 0.3 is 0 Å². The first-order valence-electron chi connectivity index (χ1n) is 9.85. The molecule has 0 unspecified atom stereocenters. The van der Waals surface area contributed by atoms with E-state index in [1.54, 1.807) is 27.7 Å². The van der Waals surface area contributed by atoms with Crippen molar-refractivity contribution in [3.05, 3.63) is 0 Å². The second-order valence-corrected chi connectivity index (χ2v) is 12.7. The average molecular weight is 521 g/mol. The van der Waals surface area contributed by atoms with Crippen LogP contribution in [0.15, 0.2) is 0 Å². The largest absolute Gasteiger partial charge is 0.363 e. The fourth-order valence-electron chi connectivity index (χ4n) is 2.78. The Morgan fingerprint density at radius 1 is 0.677 bits per heavy atom. The molecule has 184 valence electrons. The molecular formula is C17H36N4O6S4. The van der Waals surface area contributed by atoms with Gasteiger partial charge in [-0.1, -0.05) is 27.7 Å². The highest BCUT2D eigenvalue weighted by Crippen LogP contribution is 2.22. The normalized spacial score (nSPS) is 12.8. The second kappa shape index (κ2) is 13.0. The van der Waals surface area contributed by atoms with Crippen LogP contribution in [0.25, 0.3) is 0 Å².